The molecule has 1 aromatic carbocycles. The molecular formula is C19H19N5O5S. The summed E-state index contributed by atoms with van der Waals surface area (Å²) in [5.74, 6) is 0.194. The fourth-order valence-electron chi connectivity index (χ4n) is 3.26. The van der Waals surface area contributed by atoms with Gasteiger partial charge >= 0.3 is 5.97 Å². The molecule has 0 radical (unpaired) electrons. The van der Waals surface area contributed by atoms with Gasteiger partial charge in [-0.05, 0) is 24.3 Å². The average molecular weight is 429 g/mol. The highest BCUT2D eigenvalue weighted by Gasteiger charge is 2.36. The molecule has 156 valence electrons. The first-order valence-corrected chi connectivity index (χ1v) is 10.3. The van der Waals surface area contributed by atoms with Gasteiger partial charge in [-0.1, -0.05) is 5.16 Å². The van der Waals surface area contributed by atoms with Crippen molar-refractivity contribution in [1.29, 1.82) is 0 Å². The number of H-pyrrole nitrogens is 1. The molecule has 0 saturated heterocycles. The van der Waals surface area contributed by atoms with Gasteiger partial charge in [0, 0.05) is 12.0 Å². The van der Waals surface area contributed by atoms with Gasteiger partial charge in [0.25, 0.3) is 0 Å². The SMILES string of the molecule is COc1ccc(-c2noc([C@@H]3Cc4nc[nH]c4CN3C(=O)CSCC(=O)O)n2)cc1. The van der Waals surface area contributed by atoms with Crippen molar-refractivity contribution in [2.75, 3.05) is 18.6 Å². The lowest BCUT2D eigenvalue weighted by atomic mass is 10.0. The number of hydrogen-bond donors (Lipinski definition) is 2. The summed E-state index contributed by atoms with van der Waals surface area (Å²) in [6.45, 7) is 0.312. The van der Waals surface area contributed by atoms with Crippen LogP contribution in [0.15, 0.2) is 35.1 Å². The van der Waals surface area contributed by atoms with Gasteiger partial charge in [-0.2, -0.15) is 4.98 Å². The molecule has 3 heterocycles. The van der Waals surface area contributed by atoms with E-state index in [1.807, 2.05) is 12.1 Å². The zero-order chi connectivity index (χ0) is 21.1. The highest BCUT2D eigenvalue weighted by molar-refractivity contribution is 8.00. The third-order valence-electron chi connectivity index (χ3n) is 4.75. The van der Waals surface area contributed by atoms with Crippen molar-refractivity contribution in [3.8, 4) is 17.1 Å². The van der Waals surface area contributed by atoms with Crippen molar-refractivity contribution in [2.24, 2.45) is 0 Å². The zero-order valence-electron chi connectivity index (χ0n) is 16.1. The Labute approximate surface area is 175 Å². The Morgan fingerprint density at radius 1 is 1.33 bits per heavy atom. The van der Waals surface area contributed by atoms with Crippen LogP contribution >= 0.6 is 11.8 Å². The number of rotatable bonds is 7. The summed E-state index contributed by atoms with van der Waals surface area (Å²) in [5.41, 5.74) is 2.45. The quantitative estimate of drug-likeness (QED) is 0.577. The van der Waals surface area contributed by atoms with Crippen molar-refractivity contribution < 1.29 is 24.0 Å². The number of carbonyl (C=O) groups excluding carboxylic acids is 1. The number of benzene rings is 1. The lowest BCUT2D eigenvalue weighted by Gasteiger charge is -2.32. The molecule has 30 heavy (non-hydrogen) atoms. The van der Waals surface area contributed by atoms with Crippen molar-refractivity contribution in [3.05, 3.63) is 47.9 Å². The van der Waals surface area contributed by atoms with E-state index in [-0.39, 0.29) is 17.4 Å². The molecule has 2 N–H and O–H groups in total. The first-order valence-electron chi connectivity index (χ1n) is 9.13. The molecule has 0 spiro atoms. The molecule has 0 fully saturated rings. The molecule has 0 unspecified atom stereocenters. The number of carbonyl (C=O) groups is 2. The summed E-state index contributed by atoms with van der Waals surface area (Å²) < 4.78 is 10.7. The van der Waals surface area contributed by atoms with E-state index in [2.05, 4.69) is 20.1 Å². The number of nitrogens with one attached hydrogen (secondary N) is 1. The summed E-state index contributed by atoms with van der Waals surface area (Å²) in [7, 11) is 1.59. The van der Waals surface area contributed by atoms with E-state index in [4.69, 9.17) is 14.4 Å². The number of fused-ring (bicyclic) bond motifs is 1. The van der Waals surface area contributed by atoms with Gasteiger partial charge < -0.3 is 24.3 Å². The number of imidazole rings is 1. The van der Waals surface area contributed by atoms with Crippen LogP contribution in [-0.2, 0) is 22.6 Å². The van der Waals surface area contributed by atoms with E-state index in [0.29, 0.717) is 24.7 Å². The van der Waals surface area contributed by atoms with Crippen LogP contribution in [0.4, 0.5) is 0 Å². The largest absolute Gasteiger partial charge is 0.497 e. The van der Waals surface area contributed by atoms with Gasteiger partial charge in [0.05, 0.1) is 42.9 Å². The molecular weight excluding hydrogens is 410 g/mol. The molecule has 1 atom stereocenters. The highest BCUT2D eigenvalue weighted by Crippen LogP contribution is 2.32. The molecule has 3 aromatic rings. The first kappa shape index (κ1) is 20.0. The van der Waals surface area contributed by atoms with Crippen LogP contribution in [0.1, 0.15) is 23.3 Å². The predicted octanol–water partition coefficient (Wildman–Crippen LogP) is 1.91. The van der Waals surface area contributed by atoms with Crippen LogP contribution in [0.2, 0.25) is 0 Å². The number of carboxylic acids is 1. The second-order valence-corrected chi connectivity index (χ2v) is 7.63. The molecule has 1 aliphatic heterocycles. The molecule has 1 amide bonds. The van der Waals surface area contributed by atoms with Crippen LogP contribution < -0.4 is 4.74 Å². The lowest BCUT2D eigenvalue weighted by Crippen LogP contribution is -2.40. The van der Waals surface area contributed by atoms with Crippen LogP contribution in [0.25, 0.3) is 11.4 Å². The highest BCUT2D eigenvalue weighted by atomic mass is 32.2. The van der Waals surface area contributed by atoms with E-state index in [1.165, 1.54) is 0 Å². The minimum absolute atomic E-state index is 0.0474. The number of aromatic nitrogens is 4. The summed E-state index contributed by atoms with van der Waals surface area (Å²) in [5, 5.41) is 12.9. The van der Waals surface area contributed by atoms with Crippen molar-refractivity contribution in [2.45, 2.75) is 19.0 Å². The van der Waals surface area contributed by atoms with E-state index in [1.54, 1.807) is 30.5 Å². The molecule has 1 aliphatic rings. The van der Waals surface area contributed by atoms with E-state index >= 15 is 0 Å². The van der Waals surface area contributed by atoms with Gasteiger partial charge in [0.2, 0.25) is 17.6 Å². The molecule has 0 aliphatic carbocycles. The number of aliphatic carboxylic acids is 1. The van der Waals surface area contributed by atoms with Gasteiger partial charge in [-0.15, -0.1) is 11.8 Å². The molecule has 0 bridgehead atoms. The van der Waals surface area contributed by atoms with Crippen molar-refractivity contribution >= 4 is 23.6 Å². The summed E-state index contributed by atoms with van der Waals surface area (Å²) in [4.78, 5) is 37.1. The third kappa shape index (κ3) is 4.15. The number of methoxy groups -OCH3 is 1. The molecule has 2 aromatic heterocycles. The topological polar surface area (TPSA) is 134 Å². The smallest absolute Gasteiger partial charge is 0.313 e. The number of carboxylic acid groups (broad SMARTS) is 1. The molecule has 0 saturated carbocycles. The lowest BCUT2D eigenvalue weighted by molar-refractivity contribution is -0.134. The van der Waals surface area contributed by atoms with Crippen molar-refractivity contribution in [3.63, 3.8) is 0 Å². The number of nitrogens with zero attached hydrogens (tertiary/aromatic N) is 4. The number of aromatic amines is 1. The number of amides is 1. The normalized spacial score (nSPS) is 15.6. The third-order valence-corrected chi connectivity index (χ3v) is 5.65. The Bertz CT molecular complexity index is 1050. The summed E-state index contributed by atoms with van der Waals surface area (Å²) in [6, 6.07) is 6.78. The maximum atomic E-state index is 12.8. The van der Waals surface area contributed by atoms with E-state index in [9.17, 15) is 9.59 Å². The van der Waals surface area contributed by atoms with Crippen LogP contribution in [-0.4, -0.2) is 60.6 Å². The standard InChI is InChI=1S/C19H19N5O5S/c1-28-12-4-2-11(3-5-12)18-22-19(29-23-18)15-6-13-14(21-10-20-13)7-24(15)16(25)8-30-9-17(26)27/h2-5,10,15H,6-9H2,1H3,(H,20,21)(H,26,27)/t15-/m0/s1. The maximum Gasteiger partial charge on any atom is 0.313 e. The van der Waals surface area contributed by atoms with E-state index < -0.39 is 12.0 Å². The Morgan fingerprint density at radius 3 is 2.87 bits per heavy atom. The number of thioether (sulfide) groups is 1. The minimum atomic E-state index is -0.958. The average Bonchev–Trinajstić information content (AvgIpc) is 3.41. The van der Waals surface area contributed by atoms with Crippen LogP contribution in [0, 0.1) is 0 Å². The van der Waals surface area contributed by atoms with E-state index in [0.717, 1.165) is 34.5 Å². The molecule has 10 nitrogen and oxygen atoms in total. The fourth-order valence-corrected chi connectivity index (χ4v) is 3.87. The Hall–Kier alpha value is -3.34. The van der Waals surface area contributed by atoms with Crippen LogP contribution in [0.3, 0.4) is 0 Å². The number of hydrogen-bond acceptors (Lipinski definition) is 8. The zero-order valence-corrected chi connectivity index (χ0v) is 16.9. The Balaban J connectivity index is 1.57. The monoisotopic (exact) mass is 429 g/mol. The Morgan fingerprint density at radius 2 is 2.13 bits per heavy atom. The fraction of sp³-hybridized carbons (Fsp3) is 0.316. The first-order chi connectivity index (χ1) is 14.5. The van der Waals surface area contributed by atoms with Gasteiger partial charge in [-0.3, -0.25) is 9.59 Å². The van der Waals surface area contributed by atoms with Gasteiger partial charge in [0.15, 0.2) is 0 Å². The number of ether oxygens (including phenoxy) is 1. The summed E-state index contributed by atoms with van der Waals surface area (Å²) in [6.07, 6.45) is 2.02. The molecule has 11 heteroatoms. The predicted molar refractivity (Wildman–Crippen MR) is 107 cm³/mol. The summed E-state index contributed by atoms with van der Waals surface area (Å²) >= 11 is 1.05. The minimum Gasteiger partial charge on any atom is -0.497 e. The maximum absolute atomic E-state index is 12.8. The van der Waals surface area contributed by atoms with Gasteiger partial charge in [0.1, 0.15) is 11.8 Å². The Kier molecular flexibility index (Phi) is 5.70. The second kappa shape index (κ2) is 8.57. The van der Waals surface area contributed by atoms with Crippen LogP contribution in [0.5, 0.6) is 5.75 Å². The van der Waals surface area contributed by atoms with Gasteiger partial charge in [-0.25, -0.2) is 4.98 Å². The molecule has 4 rings (SSSR count). The van der Waals surface area contributed by atoms with Crippen molar-refractivity contribution in [1.82, 2.24) is 25.0 Å². The second-order valence-electron chi connectivity index (χ2n) is 6.64.